The van der Waals surface area contributed by atoms with Crippen LogP contribution in [0.15, 0.2) is 34.5 Å². The molecule has 0 bridgehead atoms. The van der Waals surface area contributed by atoms with E-state index in [9.17, 15) is 8.42 Å². The van der Waals surface area contributed by atoms with Crippen molar-refractivity contribution in [3.05, 3.63) is 40.3 Å². The lowest BCUT2D eigenvalue weighted by molar-refractivity contribution is 0.521. The Hall–Kier alpha value is -1.44. The number of aryl methyl sites for hydroxylation is 1. The molecular weight excluding hydrogens is 306 g/mol. The maximum absolute atomic E-state index is 12.3. The topological polar surface area (TPSA) is 62.3 Å². The molecule has 0 saturated heterocycles. The zero-order valence-electron chi connectivity index (χ0n) is 12.3. The van der Waals surface area contributed by atoms with Crippen molar-refractivity contribution in [2.24, 2.45) is 0 Å². The van der Waals surface area contributed by atoms with Gasteiger partial charge in [0.15, 0.2) is 0 Å². The van der Waals surface area contributed by atoms with Gasteiger partial charge in [0.1, 0.15) is 4.90 Å². The fourth-order valence-corrected chi connectivity index (χ4v) is 3.69. The van der Waals surface area contributed by atoms with Crippen molar-refractivity contribution in [3.63, 3.8) is 0 Å². The first-order valence-corrected chi connectivity index (χ1v) is 8.89. The highest BCUT2D eigenvalue weighted by atomic mass is 32.2. The van der Waals surface area contributed by atoms with E-state index in [0.717, 1.165) is 17.1 Å². The van der Waals surface area contributed by atoms with E-state index in [1.54, 1.807) is 29.5 Å². The summed E-state index contributed by atoms with van der Waals surface area (Å²) in [4.78, 5) is 4.69. The molecule has 7 heteroatoms. The third kappa shape index (κ3) is 3.81. The van der Waals surface area contributed by atoms with Gasteiger partial charge in [-0.15, -0.1) is 11.3 Å². The van der Waals surface area contributed by atoms with Crippen molar-refractivity contribution in [1.82, 2.24) is 9.29 Å². The Labute approximate surface area is 129 Å². The minimum Gasteiger partial charge on any atom is -0.384 e. The predicted octanol–water partition coefficient (Wildman–Crippen LogP) is 2.36. The Kier molecular flexibility index (Phi) is 4.97. The van der Waals surface area contributed by atoms with Crippen molar-refractivity contribution in [2.75, 3.05) is 26.0 Å². The number of nitrogens with zero attached hydrogens (tertiary/aromatic N) is 2. The van der Waals surface area contributed by atoms with Crippen LogP contribution in [0.5, 0.6) is 0 Å². The molecule has 0 aliphatic carbocycles. The van der Waals surface area contributed by atoms with E-state index in [4.69, 9.17) is 0 Å². The van der Waals surface area contributed by atoms with Crippen LogP contribution >= 0.6 is 11.3 Å². The second kappa shape index (κ2) is 6.55. The van der Waals surface area contributed by atoms with Gasteiger partial charge in [-0.1, -0.05) is 12.1 Å². The Balaban J connectivity index is 2.10. The minimum absolute atomic E-state index is 0.297. The van der Waals surface area contributed by atoms with Gasteiger partial charge in [0, 0.05) is 38.1 Å². The van der Waals surface area contributed by atoms with E-state index in [1.165, 1.54) is 18.4 Å². The van der Waals surface area contributed by atoms with Gasteiger partial charge in [0.25, 0.3) is 0 Å². The first-order chi connectivity index (χ1) is 9.91. The van der Waals surface area contributed by atoms with Crippen LogP contribution < -0.4 is 5.32 Å². The number of aromatic nitrogens is 1. The molecule has 1 N–H and O–H groups in total. The van der Waals surface area contributed by atoms with Crippen molar-refractivity contribution >= 4 is 27.0 Å². The third-order valence-electron chi connectivity index (χ3n) is 2.97. The zero-order chi connectivity index (χ0) is 15.5. The number of sulfonamides is 1. The lowest BCUT2D eigenvalue weighted by Gasteiger charge is -2.15. The molecule has 0 unspecified atom stereocenters. The van der Waals surface area contributed by atoms with Gasteiger partial charge < -0.3 is 5.32 Å². The fourth-order valence-electron chi connectivity index (χ4n) is 1.86. The maximum atomic E-state index is 12.3. The van der Waals surface area contributed by atoms with Crippen LogP contribution in [-0.4, -0.2) is 38.3 Å². The summed E-state index contributed by atoms with van der Waals surface area (Å²) in [6, 6.07) is 6.95. The van der Waals surface area contributed by atoms with Crippen LogP contribution in [0.4, 0.5) is 5.69 Å². The molecule has 0 spiro atoms. The predicted molar refractivity (Wildman–Crippen MR) is 86.4 cm³/mol. The fraction of sp³-hybridized carbons (Fsp3) is 0.357. The number of hydrogen-bond donors (Lipinski definition) is 1. The molecule has 5 nitrogen and oxygen atoms in total. The van der Waals surface area contributed by atoms with Crippen LogP contribution in [-0.2, 0) is 16.4 Å². The van der Waals surface area contributed by atoms with Crippen molar-refractivity contribution < 1.29 is 8.42 Å². The third-order valence-corrected chi connectivity index (χ3v) is 5.87. The normalized spacial score (nSPS) is 11.8. The van der Waals surface area contributed by atoms with Gasteiger partial charge in [-0.05, 0) is 19.1 Å². The summed E-state index contributed by atoms with van der Waals surface area (Å²) in [7, 11) is -0.376. The number of hydrogen-bond acceptors (Lipinski definition) is 5. The van der Waals surface area contributed by atoms with Gasteiger partial charge in [-0.25, -0.2) is 17.7 Å². The summed E-state index contributed by atoms with van der Waals surface area (Å²) >= 11 is 1.62. The largest absolute Gasteiger partial charge is 0.384 e. The SMILES string of the molecule is Cc1csc(CCNc2ccccc2S(=O)(=O)N(C)C)n1. The minimum atomic E-state index is -3.44. The molecule has 1 aromatic heterocycles. The first kappa shape index (κ1) is 15.9. The molecule has 0 amide bonds. The smallest absolute Gasteiger partial charge is 0.244 e. The number of anilines is 1. The number of nitrogens with one attached hydrogen (secondary N) is 1. The second-order valence-electron chi connectivity index (χ2n) is 4.84. The number of benzene rings is 1. The molecule has 0 atom stereocenters. The average molecular weight is 325 g/mol. The molecule has 1 aromatic carbocycles. The lowest BCUT2D eigenvalue weighted by atomic mass is 10.3. The molecule has 2 rings (SSSR count). The molecule has 2 aromatic rings. The molecular formula is C14H19N3O2S2. The number of thiazole rings is 1. The van der Waals surface area contributed by atoms with E-state index in [-0.39, 0.29) is 0 Å². The van der Waals surface area contributed by atoms with E-state index < -0.39 is 10.0 Å². The second-order valence-corrected chi connectivity index (χ2v) is 7.91. The Morgan fingerprint density at radius 1 is 1.29 bits per heavy atom. The first-order valence-electron chi connectivity index (χ1n) is 6.57. The average Bonchev–Trinajstić information content (AvgIpc) is 2.85. The van der Waals surface area contributed by atoms with E-state index in [2.05, 4.69) is 10.3 Å². The summed E-state index contributed by atoms with van der Waals surface area (Å²) in [5.74, 6) is 0. The van der Waals surface area contributed by atoms with Crippen LogP contribution in [0.1, 0.15) is 10.7 Å². The zero-order valence-corrected chi connectivity index (χ0v) is 14.0. The maximum Gasteiger partial charge on any atom is 0.244 e. The summed E-state index contributed by atoms with van der Waals surface area (Å²) < 4.78 is 25.7. The number of para-hydroxylation sites is 1. The highest BCUT2D eigenvalue weighted by Gasteiger charge is 2.20. The molecule has 0 aliphatic heterocycles. The van der Waals surface area contributed by atoms with Gasteiger partial charge in [-0.3, -0.25) is 0 Å². The standard InChI is InChI=1S/C14H19N3O2S2/c1-11-10-20-14(16-11)8-9-15-12-6-4-5-7-13(12)21(18,19)17(2)3/h4-7,10,15H,8-9H2,1-3H3. The monoisotopic (exact) mass is 325 g/mol. The Morgan fingerprint density at radius 2 is 2.00 bits per heavy atom. The summed E-state index contributed by atoms with van der Waals surface area (Å²) in [5.41, 5.74) is 1.64. The summed E-state index contributed by atoms with van der Waals surface area (Å²) in [5, 5.41) is 6.26. The van der Waals surface area contributed by atoms with Gasteiger partial charge in [-0.2, -0.15) is 0 Å². The Bertz CT molecular complexity index is 709. The van der Waals surface area contributed by atoms with Crippen LogP contribution in [0.3, 0.4) is 0 Å². The highest BCUT2D eigenvalue weighted by Crippen LogP contribution is 2.23. The van der Waals surface area contributed by atoms with Gasteiger partial charge in [0.05, 0.1) is 10.7 Å². The molecule has 21 heavy (non-hydrogen) atoms. The molecule has 1 heterocycles. The van der Waals surface area contributed by atoms with Crippen LogP contribution in [0.25, 0.3) is 0 Å². The molecule has 0 saturated carbocycles. The van der Waals surface area contributed by atoms with E-state index in [1.807, 2.05) is 18.4 Å². The quantitative estimate of drug-likeness (QED) is 0.885. The van der Waals surface area contributed by atoms with Crippen LogP contribution in [0.2, 0.25) is 0 Å². The van der Waals surface area contributed by atoms with E-state index in [0.29, 0.717) is 17.1 Å². The van der Waals surface area contributed by atoms with Gasteiger partial charge >= 0.3 is 0 Å². The Morgan fingerprint density at radius 3 is 2.62 bits per heavy atom. The molecule has 0 fully saturated rings. The van der Waals surface area contributed by atoms with E-state index >= 15 is 0 Å². The highest BCUT2D eigenvalue weighted by molar-refractivity contribution is 7.89. The summed E-state index contributed by atoms with van der Waals surface area (Å²) in [6.07, 6.45) is 0.773. The van der Waals surface area contributed by atoms with Crippen LogP contribution in [0, 0.1) is 6.92 Å². The lowest BCUT2D eigenvalue weighted by Crippen LogP contribution is -2.23. The molecule has 0 aliphatic rings. The molecule has 114 valence electrons. The number of rotatable bonds is 6. The van der Waals surface area contributed by atoms with Gasteiger partial charge in [0.2, 0.25) is 10.0 Å². The summed E-state index contributed by atoms with van der Waals surface area (Å²) in [6.45, 7) is 2.61. The van der Waals surface area contributed by atoms with Crippen molar-refractivity contribution in [2.45, 2.75) is 18.2 Å². The van der Waals surface area contributed by atoms with Crippen molar-refractivity contribution in [1.29, 1.82) is 0 Å². The molecule has 0 radical (unpaired) electrons. The van der Waals surface area contributed by atoms with Crippen molar-refractivity contribution in [3.8, 4) is 0 Å².